The molecule has 0 unspecified atom stereocenters. The fraction of sp³-hybridized carbons (Fsp3) is 0.200. The third-order valence-electron chi connectivity index (χ3n) is 5.03. The highest BCUT2D eigenvalue weighted by molar-refractivity contribution is 6.42. The first-order chi connectivity index (χ1) is 13.7. The van der Waals surface area contributed by atoms with Crippen LogP contribution >= 0.6 is 0 Å². The summed E-state index contributed by atoms with van der Waals surface area (Å²) in [6.45, 7) is 0.0165. The molecule has 28 heavy (non-hydrogen) atoms. The molecule has 3 aromatic carbocycles. The quantitative estimate of drug-likeness (QED) is 0.346. The van der Waals surface area contributed by atoms with Gasteiger partial charge in [-0.2, -0.15) is 0 Å². The second-order valence-corrected chi connectivity index (χ2v) is 6.78. The molecule has 3 aromatic rings. The third-order valence-corrected chi connectivity index (χ3v) is 5.03. The zero-order chi connectivity index (χ0) is 19.8. The van der Waals surface area contributed by atoms with Crippen LogP contribution in [0, 0.1) is 0 Å². The van der Waals surface area contributed by atoms with Gasteiger partial charge in [-0.25, -0.2) is 0 Å². The van der Waals surface area contributed by atoms with Crippen molar-refractivity contribution in [2.45, 2.75) is 24.7 Å². The Labute approximate surface area is 165 Å². The summed E-state index contributed by atoms with van der Waals surface area (Å²) in [6, 6.07) is 28.4. The lowest BCUT2D eigenvalue weighted by Crippen LogP contribution is -2.42. The molecule has 0 aliphatic carbocycles. The van der Waals surface area contributed by atoms with E-state index in [1.54, 1.807) is 0 Å². The summed E-state index contributed by atoms with van der Waals surface area (Å²) in [6.07, 6.45) is 1.14. The summed E-state index contributed by atoms with van der Waals surface area (Å²) in [5.74, 6) is -0.848. The lowest BCUT2D eigenvalue weighted by molar-refractivity contribution is -0.138. The SMILES string of the molecule is O=C(CCCCO)C(=O)C(c1ccccc1)(c1ccccc1)c1ccccc1. The van der Waals surface area contributed by atoms with Gasteiger partial charge in [0.15, 0.2) is 5.78 Å². The molecule has 3 nitrogen and oxygen atoms in total. The molecule has 0 heterocycles. The number of ketones is 2. The van der Waals surface area contributed by atoms with Crippen LogP contribution in [0.2, 0.25) is 0 Å². The van der Waals surface area contributed by atoms with Crippen molar-refractivity contribution in [3.63, 3.8) is 0 Å². The molecule has 3 rings (SSSR count). The molecule has 0 aliphatic heterocycles. The fourth-order valence-electron chi connectivity index (χ4n) is 3.68. The van der Waals surface area contributed by atoms with Crippen molar-refractivity contribution in [2.75, 3.05) is 6.61 Å². The van der Waals surface area contributed by atoms with Gasteiger partial charge in [-0.1, -0.05) is 91.0 Å². The highest BCUT2D eigenvalue weighted by Gasteiger charge is 2.46. The fourth-order valence-corrected chi connectivity index (χ4v) is 3.68. The van der Waals surface area contributed by atoms with E-state index in [0.717, 1.165) is 16.7 Å². The van der Waals surface area contributed by atoms with Gasteiger partial charge in [-0.3, -0.25) is 9.59 Å². The molecule has 0 radical (unpaired) electrons. The Morgan fingerprint density at radius 1 is 0.643 bits per heavy atom. The average molecular weight is 372 g/mol. The van der Waals surface area contributed by atoms with E-state index in [-0.39, 0.29) is 13.0 Å². The zero-order valence-corrected chi connectivity index (χ0v) is 15.8. The molecule has 0 aromatic heterocycles. The van der Waals surface area contributed by atoms with Gasteiger partial charge in [0.1, 0.15) is 5.41 Å². The molecule has 0 amide bonds. The van der Waals surface area contributed by atoms with E-state index in [2.05, 4.69) is 0 Å². The van der Waals surface area contributed by atoms with Crippen LogP contribution < -0.4 is 0 Å². The number of carbonyl (C=O) groups is 2. The predicted octanol–water partition coefficient (Wildman–Crippen LogP) is 4.32. The van der Waals surface area contributed by atoms with E-state index in [4.69, 9.17) is 5.11 Å². The molecule has 0 fully saturated rings. The summed E-state index contributed by atoms with van der Waals surface area (Å²) in [7, 11) is 0. The zero-order valence-electron chi connectivity index (χ0n) is 15.8. The van der Waals surface area contributed by atoms with Gasteiger partial charge < -0.3 is 5.11 Å². The number of Topliss-reactive ketones (excluding diaryl/α,β-unsaturated/α-hetero) is 2. The number of aliphatic hydroxyl groups excluding tert-OH is 1. The van der Waals surface area contributed by atoms with Gasteiger partial charge >= 0.3 is 0 Å². The van der Waals surface area contributed by atoms with Gasteiger partial charge in [-0.05, 0) is 29.5 Å². The van der Waals surface area contributed by atoms with Crippen LogP contribution in [0.1, 0.15) is 36.0 Å². The van der Waals surface area contributed by atoms with Crippen LogP contribution in [0.3, 0.4) is 0 Å². The van der Waals surface area contributed by atoms with Gasteiger partial charge in [0.25, 0.3) is 0 Å². The van der Waals surface area contributed by atoms with E-state index in [1.807, 2.05) is 91.0 Å². The number of benzene rings is 3. The second kappa shape index (κ2) is 9.25. The molecular weight excluding hydrogens is 348 g/mol. The molecule has 0 aliphatic rings. The number of carbonyl (C=O) groups excluding carboxylic acids is 2. The number of hydrogen-bond donors (Lipinski definition) is 1. The summed E-state index contributed by atoms with van der Waals surface area (Å²) >= 11 is 0. The Morgan fingerprint density at radius 3 is 1.39 bits per heavy atom. The molecule has 0 atom stereocenters. The largest absolute Gasteiger partial charge is 0.396 e. The Kier molecular flexibility index (Phi) is 6.51. The highest BCUT2D eigenvalue weighted by atomic mass is 16.3. The first-order valence-corrected chi connectivity index (χ1v) is 9.56. The minimum Gasteiger partial charge on any atom is -0.396 e. The lowest BCUT2D eigenvalue weighted by atomic mass is 9.65. The number of aliphatic hydroxyl groups is 1. The van der Waals surface area contributed by atoms with Crippen molar-refractivity contribution < 1.29 is 14.7 Å². The monoisotopic (exact) mass is 372 g/mol. The molecule has 0 saturated carbocycles. The minimum atomic E-state index is -1.19. The van der Waals surface area contributed by atoms with Crippen molar-refractivity contribution in [1.82, 2.24) is 0 Å². The van der Waals surface area contributed by atoms with Crippen LogP contribution in [0.25, 0.3) is 0 Å². The lowest BCUT2D eigenvalue weighted by Gasteiger charge is -2.34. The van der Waals surface area contributed by atoms with Crippen molar-refractivity contribution in [3.8, 4) is 0 Å². The first-order valence-electron chi connectivity index (χ1n) is 9.56. The normalized spacial score (nSPS) is 11.2. The van der Waals surface area contributed by atoms with Crippen molar-refractivity contribution in [2.24, 2.45) is 0 Å². The second-order valence-electron chi connectivity index (χ2n) is 6.78. The highest BCUT2D eigenvalue weighted by Crippen LogP contribution is 2.40. The maximum Gasteiger partial charge on any atom is 0.217 e. The van der Waals surface area contributed by atoms with E-state index in [1.165, 1.54) is 0 Å². The minimum absolute atomic E-state index is 0.0165. The summed E-state index contributed by atoms with van der Waals surface area (Å²) in [4.78, 5) is 26.7. The van der Waals surface area contributed by atoms with Gasteiger partial charge in [-0.15, -0.1) is 0 Å². The van der Waals surface area contributed by atoms with E-state index < -0.39 is 17.0 Å². The molecular formula is C25H24O3. The van der Waals surface area contributed by atoms with Gasteiger partial charge in [0.2, 0.25) is 5.78 Å². The third kappa shape index (κ3) is 3.80. The molecule has 1 N–H and O–H groups in total. The van der Waals surface area contributed by atoms with E-state index in [0.29, 0.717) is 12.8 Å². The van der Waals surface area contributed by atoms with Crippen LogP contribution in [-0.2, 0) is 15.0 Å². The smallest absolute Gasteiger partial charge is 0.217 e. The maximum atomic E-state index is 13.7. The van der Waals surface area contributed by atoms with E-state index in [9.17, 15) is 9.59 Å². The average Bonchev–Trinajstić information content (AvgIpc) is 2.76. The maximum absolute atomic E-state index is 13.7. The van der Waals surface area contributed by atoms with Crippen LogP contribution in [-0.4, -0.2) is 23.3 Å². The summed E-state index contributed by atoms with van der Waals surface area (Å²) in [5.41, 5.74) is 1.12. The Morgan fingerprint density at radius 2 is 1.04 bits per heavy atom. The number of hydrogen-bond acceptors (Lipinski definition) is 3. The number of unbranched alkanes of at least 4 members (excludes halogenated alkanes) is 1. The topological polar surface area (TPSA) is 54.4 Å². The Bertz CT molecular complexity index is 806. The molecule has 0 spiro atoms. The Balaban J connectivity index is 2.22. The molecule has 3 heteroatoms. The predicted molar refractivity (Wildman–Crippen MR) is 110 cm³/mol. The molecule has 0 saturated heterocycles. The van der Waals surface area contributed by atoms with Crippen LogP contribution in [0.15, 0.2) is 91.0 Å². The summed E-state index contributed by atoms with van der Waals surface area (Å²) < 4.78 is 0. The number of rotatable bonds is 9. The van der Waals surface area contributed by atoms with Gasteiger partial charge in [0, 0.05) is 13.0 Å². The van der Waals surface area contributed by atoms with Crippen molar-refractivity contribution in [1.29, 1.82) is 0 Å². The van der Waals surface area contributed by atoms with Crippen LogP contribution in [0.4, 0.5) is 0 Å². The van der Waals surface area contributed by atoms with E-state index >= 15 is 0 Å². The standard InChI is InChI=1S/C25H24O3/c26-19-11-10-18-23(27)24(28)25(20-12-4-1-5-13-20,21-14-6-2-7-15-21)22-16-8-3-9-17-22/h1-9,12-17,26H,10-11,18-19H2. The molecule has 0 bridgehead atoms. The summed E-state index contributed by atoms with van der Waals surface area (Å²) in [5, 5.41) is 9.02. The molecule has 142 valence electrons. The van der Waals surface area contributed by atoms with Crippen molar-refractivity contribution >= 4 is 11.6 Å². The van der Waals surface area contributed by atoms with Gasteiger partial charge in [0.05, 0.1) is 0 Å². The van der Waals surface area contributed by atoms with Crippen LogP contribution in [0.5, 0.6) is 0 Å². The van der Waals surface area contributed by atoms with Crippen molar-refractivity contribution in [3.05, 3.63) is 108 Å². The Hall–Kier alpha value is -3.04. The first kappa shape index (κ1) is 19.7.